The highest BCUT2D eigenvalue weighted by Crippen LogP contribution is 2.32. The zero-order valence-corrected chi connectivity index (χ0v) is 10.9. The first-order valence-corrected chi connectivity index (χ1v) is 6.82. The van der Waals surface area contributed by atoms with Crippen LogP contribution in [-0.2, 0) is 12.8 Å². The third-order valence-corrected chi connectivity index (χ3v) is 4.49. The second-order valence-corrected chi connectivity index (χ2v) is 5.70. The van der Waals surface area contributed by atoms with Crippen LogP contribution in [0, 0.1) is 16.0 Å². The zero-order valence-electron chi connectivity index (χ0n) is 10.0. The van der Waals surface area contributed by atoms with E-state index in [1.54, 1.807) is 6.07 Å². The van der Waals surface area contributed by atoms with Crippen LogP contribution < -0.4 is 0 Å². The van der Waals surface area contributed by atoms with Gasteiger partial charge >= 0.3 is 5.00 Å². The lowest BCUT2D eigenvalue weighted by molar-refractivity contribution is -0.380. The van der Waals surface area contributed by atoms with Gasteiger partial charge in [-0.25, -0.2) is 0 Å². The van der Waals surface area contributed by atoms with Gasteiger partial charge in [0, 0.05) is 12.0 Å². The molecule has 1 aliphatic carbocycles. The lowest BCUT2D eigenvalue weighted by Gasteiger charge is -2.04. The van der Waals surface area contributed by atoms with Crippen molar-refractivity contribution < 1.29 is 9.72 Å². The van der Waals surface area contributed by atoms with Crippen LogP contribution in [-0.4, -0.2) is 10.7 Å². The predicted molar refractivity (Wildman–Crippen MR) is 72.6 cm³/mol. The van der Waals surface area contributed by atoms with E-state index in [0.29, 0.717) is 4.88 Å². The molecular weight excluding hydrogens is 262 g/mol. The number of rotatable bonds is 3. The Balaban J connectivity index is 1.81. The Morgan fingerprint density at radius 3 is 2.32 bits per heavy atom. The van der Waals surface area contributed by atoms with Crippen molar-refractivity contribution >= 4 is 22.1 Å². The molecule has 96 valence electrons. The number of hydrogen-bond donors (Lipinski definition) is 0. The Bertz CT molecular complexity index is 637. The summed E-state index contributed by atoms with van der Waals surface area (Å²) in [4.78, 5) is 23.0. The SMILES string of the molecule is O=C(c1ccc([N+](=O)[O-])s1)C1Cc2ccccc2C1. The largest absolute Gasteiger partial charge is 0.324 e. The number of Topliss-reactive ketones (excluding diaryl/α,β-unsaturated/α-hetero) is 1. The molecule has 5 heteroatoms. The van der Waals surface area contributed by atoms with E-state index in [9.17, 15) is 14.9 Å². The summed E-state index contributed by atoms with van der Waals surface area (Å²) in [5.41, 5.74) is 2.43. The summed E-state index contributed by atoms with van der Waals surface area (Å²) in [5, 5.41) is 10.7. The molecule has 1 aromatic carbocycles. The minimum Gasteiger partial charge on any atom is -0.293 e. The van der Waals surface area contributed by atoms with Gasteiger partial charge in [-0.05, 0) is 30.0 Å². The van der Waals surface area contributed by atoms with Crippen LogP contribution in [0.3, 0.4) is 0 Å². The summed E-state index contributed by atoms with van der Waals surface area (Å²) in [7, 11) is 0. The number of carbonyl (C=O) groups excluding carboxylic acids is 1. The van der Waals surface area contributed by atoms with E-state index in [2.05, 4.69) is 0 Å². The second kappa shape index (κ2) is 4.59. The predicted octanol–water partition coefficient (Wildman–Crippen LogP) is 3.25. The number of thiophene rings is 1. The molecule has 19 heavy (non-hydrogen) atoms. The molecule has 0 amide bonds. The molecule has 0 radical (unpaired) electrons. The Kier molecular flexibility index (Phi) is 2.91. The fourth-order valence-electron chi connectivity index (χ4n) is 2.50. The molecule has 2 aromatic rings. The lowest BCUT2D eigenvalue weighted by Crippen LogP contribution is -2.13. The molecular formula is C14H11NO3S. The highest BCUT2D eigenvalue weighted by Gasteiger charge is 2.29. The second-order valence-electron chi connectivity index (χ2n) is 4.63. The molecule has 1 aromatic heterocycles. The van der Waals surface area contributed by atoms with Crippen molar-refractivity contribution in [1.29, 1.82) is 0 Å². The minimum absolute atomic E-state index is 0.0225. The minimum atomic E-state index is -0.454. The first-order valence-electron chi connectivity index (χ1n) is 6.00. The average Bonchev–Trinajstić information content (AvgIpc) is 3.04. The summed E-state index contributed by atoms with van der Waals surface area (Å²) in [6.07, 6.45) is 1.47. The quantitative estimate of drug-likeness (QED) is 0.490. The lowest BCUT2D eigenvalue weighted by atomic mass is 10.00. The van der Waals surface area contributed by atoms with E-state index in [1.165, 1.54) is 17.2 Å². The van der Waals surface area contributed by atoms with Crippen molar-refractivity contribution in [2.45, 2.75) is 12.8 Å². The van der Waals surface area contributed by atoms with Crippen LogP contribution in [0.4, 0.5) is 5.00 Å². The van der Waals surface area contributed by atoms with E-state index in [-0.39, 0.29) is 16.7 Å². The van der Waals surface area contributed by atoms with Gasteiger partial charge in [-0.2, -0.15) is 0 Å². The van der Waals surface area contributed by atoms with Crippen LogP contribution >= 0.6 is 11.3 Å². The van der Waals surface area contributed by atoms with Crippen molar-refractivity contribution in [3.05, 3.63) is 62.5 Å². The molecule has 0 saturated carbocycles. The third-order valence-electron chi connectivity index (χ3n) is 3.44. The van der Waals surface area contributed by atoms with Crippen molar-refractivity contribution in [2.75, 3.05) is 0 Å². The zero-order chi connectivity index (χ0) is 13.4. The fourth-order valence-corrected chi connectivity index (χ4v) is 3.34. The van der Waals surface area contributed by atoms with Crippen molar-refractivity contribution in [3.63, 3.8) is 0 Å². The van der Waals surface area contributed by atoms with E-state index < -0.39 is 4.92 Å². The maximum atomic E-state index is 12.3. The molecule has 0 aliphatic heterocycles. The molecule has 0 unspecified atom stereocenters. The number of benzene rings is 1. The van der Waals surface area contributed by atoms with Gasteiger partial charge in [-0.3, -0.25) is 14.9 Å². The van der Waals surface area contributed by atoms with Crippen molar-refractivity contribution in [2.24, 2.45) is 5.92 Å². The summed E-state index contributed by atoms with van der Waals surface area (Å²) in [5.74, 6) is -0.0510. The standard InChI is InChI=1S/C14H11NO3S/c16-14(12-5-6-13(19-12)15(17)18)11-7-9-3-1-2-4-10(9)8-11/h1-6,11H,7-8H2. The van der Waals surface area contributed by atoms with Gasteiger partial charge in [0.15, 0.2) is 5.78 Å². The summed E-state index contributed by atoms with van der Waals surface area (Å²) in [6.45, 7) is 0. The number of fused-ring (bicyclic) bond motifs is 1. The number of hydrogen-bond acceptors (Lipinski definition) is 4. The Labute approximate surface area is 113 Å². The first kappa shape index (κ1) is 12.0. The van der Waals surface area contributed by atoms with Crippen molar-refractivity contribution in [3.8, 4) is 0 Å². The molecule has 1 heterocycles. The van der Waals surface area contributed by atoms with Crippen LogP contribution in [0.5, 0.6) is 0 Å². The normalized spacial score (nSPS) is 14.3. The summed E-state index contributed by atoms with van der Waals surface area (Å²) in [6, 6.07) is 11.0. The Morgan fingerprint density at radius 2 is 1.79 bits per heavy atom. The molecule has 1 aliphatic rings. The third kappa shape index (κ3) is 2.17. The number of nitro groups is 1. The van der Waals surface area contributed by atoms with E-state index in [1.807, 2.05) is 24.3 Å². The summed E-state index contributed by atoms with van der Waals surface area (Å²) < 4.78 is 0. The van der Waals surface area contributed by atoms with Crippen LogP contribution in [0.1, 0.15) is 20.8 Å². The van der Waals surface area contributed by atoms with Gasteiger partial charge < -0.3 is 0 Å². The Hall–Kier alpha value is -2.01. The van der Waals surface area contributed by atoms with Gasteiger partial charge in [-0.1, -0.05) is 35.6 Å². The van der Waals surface area contributed by atoms with Crippen LogP contribution in [0.25, 0.3) is 0 Å². The highest BCUT2D eigenvalue weighted by atomic mass is 32.1. The smallest absolute Gasteiger partial charge is 0.293 e. The van der Waals surface area contributed by atoms with Crippen molar-refractivity contribution in [1.82, 2.24) is 0 Å². The fraction of sp³-hybridized carbons (Fsp3) is 0.214. The van der Waals surface area contributed by atoms with Gasteiger partial charge in [-0.15, -0.1) is 0 Å². The topological polar surface area (TPSA) is 60.2 Å². The van der Waals surface area contributed by atoms with Gasteiger partial charge in [0.25, 0.3) is 0 Å². The van der Waals surface area contributed by atoms with Gasteiger partial charge in [0.1, 0.15) is 0 Å². The molecule has 0 atom stereocenters. The van der Waals surface area contributed by atoms with E-state index in [0.717, 1.165) is 24.2 Å². The first-order chi connectivity index (χ1) is 9.15. The van der Waals surface area contributed by atoms with Crippen LogP contribution in [0.15, 0.2) is 36.4 Å². The molecule has 0 N–H and O–H groups in total. The van der Waals surface area contributed by atoms with Crippen LogP contribution in [0.2, 0.25) is 0 Å². The number of nitrogens with zero attached hydrogens (tertiary/aromatic N) is 1. The molecule has 0 bridgehead atoms. The molecule has 3 rings (SSSR count). The monoisotopic (exact) mass is 273 g/mol. The molecule has 0 saturated heterocycles. The highest BCUT2D eigenvalue weighted by molar-refractivity contribution is 7.17. The van der Waals surface area contributed by atoms with Gasteiger partial charge in [0.05, 0.1) is 9.80 Å². The summed E-state index contributed by atoms with van der Waals surface area (Å²) >= 11 is 0.966. The Morgan fingerprint density at radius 1 is 1.16 bits per heavy atom. The van der Waals surface area contributed by atoms with E-state index >= 15 is 0 Å². The average molecular weight is 273 g/mol. The van der Waals surface area contributed by atoms with E-state index in [4.69, 9.17) is 0 Å². The molecule has 0 fully saturated rings. The maximum Gasteiger partial charge on any atom is 0.324 e. The number of ketones is 1. The molecule has 0 spiro atoms. The number of carbonyl (C=O) groups is 1. The maximum absolute atomic E-state index is 12.3. The van der Waals surface area contributed by atoms with Gasteiger partial charge in [0.2, 0.25) is 0 Å². The molecule has 4 nitrogen and oxygen atoms in total.